The van der Waals surface area contributed by atoms with Crippen LogP contribution in [0.3, 0.4) is 0 Å². The summed E-state index contributed by atoms with van der Waals surface area (Å²) in [6.45, 7) is 6.14. The first kappa shape index (κ1) is 25.5. The molecular weight excluding hydrogens is 436 g/mol. The number of rotatable bonds is 14. The average Bonchev–Trinajstić information content (AvgIpc) is 2.72. The van der Waals surface area contributed by atoms with Crippen LogP contribution in [0.25, 0.3) is 0 Å². The molecule has 0 fully saturated rings. The van der Waals surface area contributed by atoms with Crippen LogP contribution in [0.15, 0.2) is 22.7 Å². The summed E-state index contributed by atoms with van der Waals surface area (Å²) in [5.74, 6) is -0.403. The number of carbonyl (C=O) groups is 2. The molecule has 0 saturated carbocycles. The number of benzene rings is 1. The smallest absolute Gasteiger partial charge is 0.328 e. The zero-order chi connectivity index (χ0) is 21.7. The number of hydrogen-bond acceptors (Lipinski definition) is 5. The van der Waals surface area contributed by atoms with E-state index in [0.717, 1.165) is 23.7 Å². The van der Waals surface area contributed by atoms with E-state index >= 15 is 0 Å². The second-order valence-electron chi connectivity index (χ2n) is 7.23. The molecule has 164 valence electrons. The summed E-state index contributed by atoms with van der Waals surface area (Å²) in [4.78, 5) is 25.7. The van der Waals surface area contributed by atoms with E-state index in [4.69, 9.17) is 14.2 Å². The first-order chi connectivity index (χ1) is 13.9. The first-order valence-electron chi connectivity index (χ1n) is 10.7. The topological polar surface area (TPSA) is 61.8 Å². The van der Waals surface area contributed by atoms with Crippen LogP contribution in [-0.4, -0.2) is 25.7 Å². The van der Waals surface area contributed by atoms with Gasteiger partial charge in [-0.05, 0) is 37.5 Å². The Morgan fingerprint density at radius 3 is 2.10 bits per heavy atom. The molecule has 0 amide bonds. The minimum absolute atomic E-state index is 0.284. The lowest BCUT2D eigenvalue weighted by atomic mass is 9.82. The van der Waals surface area contributed by atoms with E-state index in [2.05, 4.69) is 22.9 Å². The van der Waals surface area contributed by atoms with Gasteiger partial charge in [0, 0.05) is 4.47 Å². The molecule has 6 heteroatoms. The van der Waals surface area contributed by atoms with Crippen LogP contribution in [-0.2, 0) is 14.3 Å². The average molecular weight is 471 g/mol. The molecule has 29 heavy (non-hydrogen) atoms. The predicted molar refractivity (Wildman–Crippen MR) is 118 cm³/mol. The number of ether oxygens (including phenoxy) is 3. The molecule has 0 aliphatic heterocycles. The molecule has 0 spiro atoms. The van der Waals surface area contributed by atoms with Gasteiger partial charge in [-0.15, -0.1) is 0 Å². The summed E-state index contributed by atoms with van der Waals surface area (Å²) in [6.07, 6.45) is 8.61. The third-order valence-corrected chi connectivity index (χ3v) is 5.79. The summed E-state index contributed by atoms with van der Waals surface area (Å²) in [7, 11) is 1.50. The van der Waals surface area contributed by atoms with E-state index in [1.165, 1.54) is 32.8 Å². The van der Waals surface area contributed by atoms with Crippen molar-refractivity contribution in [3.05, 3.63) is 22.7 Å². The fraction of sp³-hybridized carbons (Fsp3) is 0.652. The molecule has 0 aliphatic rings. The Morgan fingerprint density at radius 2 is 1.52 bits per heavy atom. The van der Waals surface area contributed by atoms with Crippen molar-refractivity contribution in [2.75, 3.05) is 13.7 Å². The van der Waals surface area contributed by atoms with Crippen molar-refractivity contribution in [3.63, 3.8) is 0 Å². The summed E-state index contributed by atoms with van der Waals surface area (Å²) in [5, 5.41) is 0. The Bertz CT molecular complexity index is 640. The van der Waals surface area contributed by atoms with E-state index in [0.29, 0.717) is 25.2 Å². The second kappa shape index (κ2) is 13.6. The molecule has 0 aromatic heterocycles. The van der Waals surface area contributed by atoms with E-state index in [9.17, 15) is 9.59 Å². The molecule has 0 bridgehead atoms. The highest BCUT2D eigenvalue weighted by atomic mass is 79.9. The van der Waals surface area contributed by atoms with Crippen LogP contribution < -0.4 is 9.47 Å². The summed E-state index contributed by atoms with van der Waals surface area (Å²) < 4.78 is 17.1. The maximum absolute atomic E-state index is 12.9. The molecule has 0 radical (unpaired) electrons. The lowest BCUT2D eigenvalue weighted by molar-refractivity contribution is -0.168. The Kier molecular flexibility index (Phi) is 12.0. The van der Waals surface area contributed by atoms with Gasteiger partial charge in [0.2, 0.25) is 0 Å². The van der Waals surface area contributed by atoms with Crippen molar-refractivity contribution < 1.29 is 23.8 Å². The molecule has 0 N–H and O–H groups in total. The molecule has 0 atom stereocenters. The normalized spacial score (nSPS) is 11.2. The van der Waals surface area contributed by atoms with E-state index in [1.54, 1.807) is 32.0 Å². The van der Waals surface area contributed by atoms with Crippen molar-refractivity contribution >= 4 is 27.9 Å². The van der Waals surface area contributed by atoms with E-state index in [-0.39, 0.29) is 5.75 Å². The summed E-state index contributed by atoms with van der Waals surface area (Å²) in [6, 6.07) is 5.10. The molecule has 5 nitrogen and oxygen atoms in total. The third-order valence-electron chi connectivity index (χ3n) is 5.30. The van der Waals surface area contributed by atoms with Gasteiger partial charge in [-0.1, -0.05) is 75.2 Å². The zero-order valence-electron chi connectivity index (χ0n) is 18.2. The number of esters is 2. The molecule has 1 rings (SSSR count). The van der Waals surface area contributed by atoms with Gasteiger partial charge in [0.1, 0.15) is 0 Å². The Balaban J connectivity index is 2.65. The van der Waals surface area contributed by atoms with Crippen LogP contribution in [0.1, 0.15) is 78.6 Å². The number of hydrogen-bond donors (Lipinski definition) is 0. The van der Waals surface area contributed by atoms with Gasteiger partial charge in [-0.25, -0.2) is 0 Å². The largest absolute Gasteiger partial charge is 0.493 e. The number of carbonyl (C=O) groups excluding carboxylic acids is 2. The van der Waals surface area contributed by atoms with Crippen molar-refractivity contribution in [3.8, 4) is 11.5 Å². The highest BCUT2D eigenvalue weighted by Crippen LogP contribution is 2.35. The van der Waals surface area contributed by atoms with Crippen LogP contribution in [0.4, 0.5) is 0 Å². The highest BCUT2D eigenvalue weighted by molar-refractivity contribution is 9.10. The van der Waals surface area contributed by atoms with Crippen LogP contribution in [0.5, 0.6) is 11.5 Å². The maximum Gasteiger partial charge on any atom is 0.328 e. The van der Waals surface area contributed by atoms with Gasteiger partial charge in [0.05, 0.1) is 13.7 Å². The third kappa shape index (κ3) is 7.65. The number of methoxy groups -OCH3 is 1. The predicted octanol–water partition coefficient (Wildman–Crippen LogP) is 6.46. The molecule has 1 aromatic carbocycles. The zero-order valence-corrected chi connectivity index (χ0v) is 19.8. The fourth-order valence-electron chi connectivity index (χ4n) is 3.20. The summed E-state index contributed by atoms with van der Waals surface area (Å²) in [5.41, 5.74) is -1.31. The van der Waals surface area contributed by atoms with Gasteiger partial charge in [-0.2, -0.15) is 0 Å². The number of unbranched alkanes of at least 4 members (excludes halogenated alkanes) is 6. The minimum atomic E-state index is -1.31. The lowest BCUT2D eigenvalue weighted by Crippen LogP contribution is -2.42. The van der Waals surface area contributed by atoms with E-state index < -0.39 is 17.4 Å². The lowest BCUT2D eigenvalue weighted by Gasteiger charge is -2.27. The molecule has 0 aliphatic carbocycles. The van der Waals surface area contributed by atoms with Crippen molar-refractivity contribution in [1.29, 1.82) is 0 Å². The van der Waals surface area contributed by atoms with Gasteiger partial charge < -0.3 is 14.2 Å². The minimum Gasteiger partial charge on any atom is -0.493 e. The van der Waals surface area contributed by atoms with Crippen molar-refractivity contribution in [1.82, 2.24) is 0 Å². The van der Waals surface area contributed by atoms with Crippen molar-refractivity contribution in [2.45, 2.75) is 78.6 Å². The van der Waals surface area contributed by atoms with Gasteiger partial charge in [-0.3, -0.25) is 9.59 Å². The standard InChI is InChI=1S/C23H35BrO5/c1-5-8-9-10-11-12-13-16-28-21(25)23(6-2,7-3)22(26)29-19-15-14-18(24)17-20(19)27-4/h14-15,17H,5-13,16H2,1-4H3. The maximum atomic E-state index is 12.9. The summed E-state index contributed by atoms with van der Waals surface area (Å²) >= 11 is 3.36. The van der Waals surface area contributed by atoms with E-state index in [1.807, 2.05) is 0 Å². The first-order valence-corrected chi connectivity index (χ1v) is 11.5. The van der Waals surface area contributed by atoms with Gasteiger partial charge in [0.25, 0.3) is 0 Å². The Morgan fingerprint density at radius 1 is 0.897 bits per heavy atom. The number of halogens is 1. The van der Waals surface area contributed by atoms with Gasteiger partial charge in [0.15, 0.2) is 16.9 Å². The highest BCUT2D eigenvalue weighted by Gasteiger charge is 2.46. The Labute approximate surface area is 183 Å². The Hall–Kier alpha value is -1.56. The van der Waals surface area contributed by atoms with Crippen LogP contribution in [0, 0.1) is 5.41 Å². The molecule has 0 heterocycles. The second-order valence-corrected chi connectivity index (χ2v) is 8.15. The van der Waals surface area contributed by atoms with Crippen LogP contribution in [0.2, 0.25) is 0 Å². The van der Waals surface area contributed by atoms with Crippen molar-refractivity contribution in [2.24, 2.45) is 5.41 Å². The SMILES string of the molecule is CCCCCCCCCOC(=O)C(CC)(CC)C(=O)Oc1ccc(Br)cc1OC. The fourth-order valence-corrected chi connectivity index (χ4v) is 3.54. The van der Waals surface area contributed by atoms with Crippen LogP contribution >= 0.6 is 15.9 Å². The van der Waals surface area contributed by atoms with Gasteiger partial charge >= 0.3 is 11.9 Å². The molecule has 1 aromatic rings. The molecular formula is C23H35BrO5. The monoisotopic (exact) mass is 470 g/mol. The molecule has 0 unspecified atom stereocenters. The quantitative estimate of drug-likeness (QED) is 0.135. The molecule has 0 saturated heterocycles.